The Morgan fingerprint density at radius 2 is 1.71 bits per heavy atom. The SMILES string of the molecule is CN(CCCNC(=O)c1ccccc1SCC(=O)N1CCc2ccccc21)Cc1ccccc1. The van der Waals surface area contributed by atoms with Gasteiger partial charge in [-0.1, -0.05) is 60.7 Å². The van der Waals surface area contributed by atoms with Gasteiger partial charge in [-0.2, -0.15) is 0 Å². The van der Waals surface area contributed by atoms with Gasteiger partial charge in [0.05, 0.1) is 11.3 Å². The second-order valence-corrected chi connectivity index (χ2v) is 9.56. The Balaban J connectivity index is 1.25. The molecule has 0 aromatic heterocycles. The highest BCUT2D eigenvalue weighted by Crippen LogP contribution is 2.29. The molecule has 0 saturated carbocycles. The van der Waals surface area contributed by atoms with Gasteiger partial charge in [0.1, 0.15) is 0 Å². The summed E-state index contributed by atoms with van der Waals surface area (Å²) in [4.78, 5) is 30.7. The normalized spacial score (nSPS) is 12.6. The maximum atomic E-state index is 12.9. The van der Waals surface area contributed by atoms with Gasteiger partial charge in [-0.05, 0) is 55.8 Å². The Kier molecular flexibility index (Phi) is 8.39. The number of para-hydroxylation sites is 1. The third-order valence-corrected chi connectivity index (χ3v) is 7.03. The predicted octanol–water partition coefficient (Wildman–Crippen LogP) is 4.62. The fraction of sp³-hybridized carbons (Fsp3) is 0.286. The molecule has 0 radical (unpaired) electrons. The third-order valence-electron chi connectivity index (χ3n) is 5.97. The molecule has 6 heteroatoms. The topological polar surface area (TPSA) is 52.7 Å². The van der Waals surface area contributed by atoms with E-state index in [-0.39, 0.29) is 11.8 Å². The molecule has 34 heavy (non-hydrogen) atoms. The summed E-state index contributed by atoms with van der Waals surface area (Å²) in [6, 6.07) is 26.0. The Morgan fingerprint density at radius 3 is 2.56 bits per heavy atom. The summed E-state index contributed by atoms with van der Waals surface area (Å²) in [5, 5.41) is 3.04. The molecule has 0 aliphatic carbocycles. The number of benzene rings is 3. The molecule has 1 N–H and O–H groups in total. The minimum atomic E-state index is -0.0900. The van der Waals surface area contributed by atoms with Gasteiger partial charge in [-0.15, -0.1) is 11.8 Å². The summed E-state index contributed by atoms with van der Waals surface area (Å²) >= 11 is 1.43. The lowest BCUT2D eigenvalue weighted by Gasteiger charge is -2.18. The Bertz CT molecular complexity index is 1120. The third kappa shape index (κ3) is 6.27. The van der Waals surface area contributed by atoms with E-state index in [0.29, 0.717) is 17.9 Å². The van der Waals surface area contributed by atoms with Gasteiger partial charge in [-0.3, -0.25) is 9.59 Å². The van der Waals surface area contributed by atoms with Crippen LogP contribution in [0.15, 0.2) is 83.8 Å². The molecule has 4 rings (SSSR count). The van der Waals surface area contributed by atoms with E-state index in [2.05, 4.69) is 47.6 Å². The highest BCUT2D eigenvalue weighted by Gasteiger charge is 2.24. The van der Waals surface area contributed by atoms with Crippen LogP contribution in [-0.4, -0.2) is 49.1 Å². The Morgan fingerprint density at radius 1 is 0.971 bits per heavy atom. The highest BCUT2D eigenvalue weighted by atomic mass is 32.2. The summed E-state index contributed by atoms with van der Waals surface area (Å²) in [5.41, 5.74) is 4.14. The molecule has 0 spiro atoms. The Hall–Kier alpha value is -3.09. The summed E-state index contributed by atoms with van der Waals surface area (Å²) in [5.74, 6) is 0.294. The van der Waals surface area contributed by atoms with E-state index in [4.69, 9.17) is 0 Å². The molecule has 0 saturated heterocycles. The zero-order valence-corrected chi connectivity index (χ0v) is 20.4. The zero-order valence-electron chi connectivity index (χ0n) is 19.6. The van der Waals surface area contributed by atoms with Crippen molar-refractivity contribution < 1.29 is 9.59 Å². The standard InChI is InChI=1S/C28H31N3O2S/c1-30(20-22-10-3-2-4-11-22)18-9-17-29-28(33)24-13-6-8-15-26(24)34-21-27(32)31-19-16-23-12-5-7-14-25(23)31/h2-8,10-15H,9,16-21H2,1H3,(H,29,33). The van der Waals surface area contributed by atoms with E-state index >= 15 is 0 Å². The first-order chi connectivity index (χ1) is 16.6. The molecule has 2 amide bonds. The maximum Gasteiger partial charge on any atom is 0.252 e. The van der Waals surface area contributed by atoms with Crippen LogP contribution in [0.25, 0.3) is 0 Å². The maximum absolute atomic E-state index is 12.9. The highest BCUT2D eigenvalue weighted by molar-refractivity contribution is 8.00. The number of fused-ring (bicyclic) bond motifs is 1. The fourth-order valence-electron chi connectivity index (χ4n) is 4.22. The average molecular weight is 474 g/mol. The van der Waals surface area contributed by atoms with Gasteiger partial charge in [0.2, 0.25) is 5.91 Å². The lowest BCUT2D eigenvalue weighted by molar-refractivity contribution is -0.116. The van der Waals surface area contributed by atoms with Gasteiger partial charge in [0.15, 0.2) is 0 Å². The van der Waals surface area contributed by atoms with Crippen LogP contribution in [0, 0.1) is 0 Å². The fourth-order valence-corrected chi connectivity index (χ4v) is 5.14. The van der Waals surface area contributed by atoms with Crippen molar-refractivity contribution in [2.24, 2.45) is 0 Å². The zero-order chi connectivity index (χ0) is 23.8. The second kappa shape index (κ2) is 11.9. The van der Waals surface area contributed by atoms with Crippen LogP contribution >= 0.6 is 11.8 Å². The van der Waals surface area contributed by atoms with Gasteiger partial charge in [0, 0.05) is 30.2 Å². The molecule has 3 aromatic carbocycles. The summed E-state index contributed by atoms with van der Waals surface area (Å²) in [7, 11) is 2.09. The molecule has 0 atom stereocenters. The first kappa shape index (κ1) is 24.0. The molecular formula is C28H31N3O2S. The van der Waals surface area contributed by atoms with E-state index in [1.165, 1.54) is 22.9 Å². The summed E-state index contributed by atoms with van der Waals surface area (Å²) < 4.78 is 0. The predicted molar refractivity (Wildman–Crippen MR) is 139 cm³/mol. The van der Waals surface area contributed by atoms with Crippen molar-refractivity contribution in [3.05, 3.63) is 95.6 Å². The minimum absolute atomic E-state index is 0.0756. The van der Waals surface area contributed by atoms with Crippen molar-refractivity contribution in [3.63, 3.8) is 0 Å². The molecular weight excluding hydrogens is 442 g/mol. The summed E-state index contributed by atoms with van der Waals surface area (Å²) in [6.45, 7) is 3.13. The monoisotopic (exact) mass is 473 g/mol. The lowest BCUT2D eigenvalue weighted by atomic mass is 10.2. The van der Waals surface area contributed by atoms with Gasteiger partial charge >= 0.3 is 0 Å². The number of hydrogen-bond donors (Lipinski definition) is 1. The second-order valence-electron chi connectivity index (χ2n) is 8.54. The van der Waals surface area contributed by atoms with Gasteiger partial charge in [-0.25, -0.2) is 0 Å². The van der Waals surface area contributed by atoms with Crippen molar-refractivity contribution in [1.82, 2.24) is 10.2 Å². The van der Waals surface area contributed by atoms with E-state index in [1.54, 1.807) is 0 Å². The van der Waals surface area contributed by atoms with Crippen LogP contribution in [0.4, 0.5) is 5.69 Å². The molecule has 5 nitrogen and oxygen atoms in total. The number of nitrogens with zero attached hydrogens (tertiary/aromatic N) is 2. The van der Waals surface area contributed by atoms with Gasteiger partial charge in [0.25, 0.3) is 5.91 Å². The Labute approximate surface area is 206 Å². The number of carbonyl (C=O) groups is 2. The van der Waals surface area contributed by atoms with Crippen molar-refractivity contribution in [2.45, 2.75) is 24.3 Å². The molecule has 0 fully saturated rings. The number of hydrogen-bond acceptors (Lipinski definition) is 4. The molecule has 0 unspecified atom stereocenters. The number of carbonyl (C=O) groups excluding carboxylic acids is 2. The van der Waals surface area contributed by atoms with E-state index in [9.17, 15) is 9.59 Å². The smallest absolute Gasteiger partial charge is 0.252 e. The van der Waals surface area contributed by atoms with Crippen LogP contribution < -0.4 is 10.2 Å². The first-order valence-corrected chi connectivity index (χ1v) is 12.7. The summed E-state index contributed by atoms with van der Waals surface area (Å²) in [6.07, 6.45) is 1.77. The average Bonchev–Trinajstić information content (AvgIpc) is 3.30. The number of amides is 2. The van der Waals surface area contributed by atoms with Crippen LogP contribution in [0.3, 0.4) is 0 Å². The van der Waals surface area contributed by atoms with Crippen LogP contribution in [-0.2, 0) is 17.8 Å². The lowest BCUT2D eigenvalue weighted by Crippen LogP contribution is -2.30. The van der Waals surface area contributed by atoms with Crippen molar-refractivity contribution in [3.8, 4) is 0 Å². The molecule has 0 bridgehead atoms. The quantitative estimate of drug-likeness (QED) is 0.345. The first-order valence-electron chi connectivity index (χ1n) is 11.7. The molecule has 3 aromatic rings. The molecule has 1 aliphatic heterocycles. The molecule has 1 heterocycles. The number of anilines is 1. The number of nitrogens with one attached hydrogen (secondary N) is 1. The van der Waals surface area contributed by atoms with Crippen molar-refractivity contribution in [2.75, 3.05) is 37.3 Å². The van der Waals surface area contributed by atoms with E-state index in [1.807, 2.05) is 53.4 Å². The number of rotatable bonds is 10. The van der Waals surface area contributed by atoms with Crippen LogP contribution in [0.5, 0.6) is 0 Å². The minimum Gasteiger partial charge on any atom is -0.352 e. The number of thioether (sulfide) groups is 1. The van der Waals surface area contributed by atoms with Crippen LogP contribution in [0.1, 0.15) is 27.9 Å². The van der Waals surface area contributed by atoms with E-state index < -0.39 is 0 Å². The van der Waals surface area contributed by atoms with Crippen molar-refractivity contribution >= 4 is 29.3 Å². The molecule has 1 aliphatic rings. The largest absolute Gasteiger partial charge is 0.352 e. The van der Waals surface area contributed by atoms with Crippen LogP contribution in [0.2, 0.25) is 0 Å². The van der Waals surface area contributed by atoms with Gasteiger partial charge < -0.3 is 15.1 Å². The van der Waals surface area contributed by atoms with E-state index in [0.717, 1.165) is 43.1 Å². The van der Waals surface area contributed by atoms with Crippen molar-refractivity contribution in [1.29, 1.82) is 0 Å². The molecule has 176 valence electrons.